The van der Waals surface area contributed by atoms with Crippen LogP contribution in [0.15, 0.2) is 24.3 Å². The first-order chi connectivity index (χ1) is 13.2. The molecule has 5 nitrogen and oxygen atoms in total. The van der Waals surface area contributed by atoms with Gasteiger partial charge in [0, 0.05) is 5.92 Å². The molecule has 0 spiro atoms. The van der Waals surface area contributed by atoms with Crippen molar-refractivity contribution in [2.24, 2.45) is 17.8 Å². The van der Waals surface area contributed by atoms with Crippen LogP contribution in [0.25, 0.3) is 0 Å². The van der Waals surface area contributed by atoms with E-state index in [2.05, 4.69) is 18.2 Å². The zero-order chi connectivity index (χ0) is 18.8. The third kappa shape index (κ3) is 3.81. The molecular formula is C22H34N2O3+2. The number of benzene rings is 1. The van der Waals surface area contributed by atoms with Crippen molar-refractivity contribution in [1.82, 2.24) is 0 Å². The number of hydrogen-bond acceptors (Lipinski definition) is 3. The van der Waals surface area contributed by atoms with Gasteiger partial charge in [-0.3, -0.25) is 0 Å². The topological polar surface area (TPSA) is 36.6 Å². The number of hydrogen-bond donors (Lipinski definition) is 2. The lowest BCUT2D eigenvalue weighted by atomic mass is 9.93. The highest BCUT2D eigenvalue weighted by molar-refractivity contribution is 5.55. The van der Waals surface area contributed by atoms with Crippen molar-refractivity contribution in [2.75, 3.05) is 54.1 Å². The molecule has 1 aromatic carbocycles. The number of methoxy groups -OCH3 is 3. The van der Waals surface area contributed by atoms with Gasteiger partial charge in [-0.25, -0.2) is 0 Å². The van der Waals surface area contributed by atoms with Crippen LogP contribution >= 0.6 is 0 Å². The lowest BCUT2D eigenvalue weighted by Crippen LogP contribution is -3.27. The summed E-state index contributed by atoms with van der Waals surface area (Å²) in [5.41, 5.74) is 1.20. The van der Waals surface area contributed by atoms with Crippen LogP contribution in [0.1, 0.15) is 18.4 Å². The Morgan fingerprint density at radius 2 is 1.59 bits per heavy atom. The van der Waals surface area contributed by atoms with Crippen LogP contribution < -0.4 is 24.0 Å². The van der Waals surface area contributed by atoms with Crippen LogP contribution in [-0.4, -0.2) is 54.1 Å². The molecule has 148 valence electrons. The SMILES string of the molecule is COc1ccc(C[NH+]2CC[NH+](C[C@@H]3C[C@@H]4C=C[C@H]3C4)CC2)c(OC)c1OC. The fraction of sp³-hybridized carbons (Fsp3) is 0.636. The van der Waals surface area contributed by atoms with Gasteiger partial charge in [0.05, 0.1) is 33.4 Å². The number of quaternary nitrogens is 2. The first-order valence-corrected chi connectivity index (χ1v) is 10.3. The molecule has 0 aromatic heterocycles. The van der Waals surface area contributed by atoms with E-state index in [4.69, 9.17) is 14.2 Å². The van der Waals surface area contributed by atoms with E-state index in [1.54, 1.807) is 26.2 Å². The summed E-state index contributed by atoms with van der Waals surface area (Å²) >= 11 is 0. The van der Waals surface area contributed by atoms with Gasteiger partial charge in [-0.05, 0) is 36.8 Å². The van der Waals surface area contributed by atoms with Crippen LogP contribution in [0.2, 0.25) is 0 Å². The van der Waals surface area contributed by atoms with Gasteiger partial charge in [0.1, 0.15) is 32.7 Å². The summed E-state index contributed by atoms with van der Waals surface area (Å²) in [6.07, 6.45) is 7.80. The zero-order valence-corrected chi connectivity index (χ0v) is 16.9. The molecule has 5 heteroatoms. The molecule has 0 unspecified atom stereocenters. The Bertz CT molecular complexity index is 682. The highest BCUT2D eigenvalue weighted by Crippen LogP contribution is 2.42. The molecule has 1 heterocycles. The van der Waals surface area contributed by atoms with Crippen molar-refractivity contribution in [3.05, 3.63) is 29.8 Å². The second-order valence-corrected chi connectivity index (χ2v) is 8.41. The van der Waals surface area contributed by atoms with Gasteiger partial charge in [-0.15, -0.1) is 0 Å². The number of allylic oxidation sites excluding steroid dienone is 2. The van der Waals surface area contributed by atoms with Crippen molar-refractivity contribution < 1.29 is 24.0 Å². The second-order valence-electron chi connectivity index (χ2n) is 8.41. The van der Waals surface area contributed by atoms with Gasteiger partial charge >= 0.3 is 0 Å². The number of fused-ring (bicyclic) bond motifs is 2. The molecule has 3 aliphatic rings. The summed E-state index contributed by atoms with van der Waals surface area (Å²) in [6, 6.07) is 4.11. The van der Waals surface area contributed by atoms with Gasteiger partial charge in [0.2, 0.25) is 5.75 Å². The molecule has 1 aliphatic heterocycles. The molecule has 2 aliphatic carbocycles. The van der Waals surface area contributed by atoms with Crippen LogP contribution in [-0.2, 0) is 6.54 Å². The molecule has 0 radical (unpaired) electrons. The van der Waals surface area contributed by atoms with Gasteiger partial charge in [-0.1, -0.05) is 12.2 Å². The standard InChI is InChI=1S/C22H32N2O3/c1-25-20-7-6-18(21(26-2)22(20)27-3)14-23-8-10-24(11-9-23)15-19-13-16-4-5-17(19)12-16/h4-7,16-17,19H,8-15H2,1-3H3/p+2/t16-,17+,19+/m1/s1. The zero-order valence-electron chi connectivity index (χ0n) is 16.9. The van der Waals surface area contributed by atoms with Crippen molar-refractivity contribution in [3.63, 3.8) is 0 Å². The molecule has 1 saturated heterocycles. The quantitative estimate of drug-likeness (QED) is 0.670. The molecule has 1 saturated carbocycles. The maximum absolute atomic E-state index is 5.66. The van der Waals surface area contributed by atoms with Crippen molar-refractivity contribution in [1.29, 1.82) is 0 Å². The highest BCUT2D eigenvalue weighted by atomic mass is 16.5. The van der Waals surface area contributed by atoms with E-state index in [0.717, 1.165) is 35.8 Å². The predicted molar refractivity (Wildman–Crippen MR) is 105 cm³/mol. The number of piperazine rings is 1. The second kappa shape index (κ2) is 8.11. The van der Waals surface area contributed by atoms with Crippen molar-refractivity contribution in [3.8, 4) is 17.2 Å². The van der Waals surface area contributed by atoms with E-state index in [1.807, 2.05) is 11.0 Å². The van der Waals surface area contributed by atoms with Crippen LogP contribution in [0.5, 0.6) is 17.2 Å². The van der Waals surface area contributed by atoms with Gasteiger partial charge in [0.15, 0.2) is 11.5 Å². The van der Waals surface area contributed by atoms with Gasteiger partial charge in [-0.2, -0.15) is 0 Å². The molecule has 0 amide bonds. The minimum atomic E-state index is 0.700. The smallest absolute Gasteiger partial charge is 0.203 e. The molecule has 2 bridgehead atoms. The predicted octanol–water partition coefficient (Wildman–Crippen LogP) is 0.208. The maximum Gasteiger partial charge on any atom is 0.203 e. The van der Waals surface area contributed by atoms with Crippen molar-refractivity contribution >= 4 is 0 Å². The third-order valence-electron chi connectivity index (χ3n) is 6.86. The molecule has 1 aromatic rings. The first-order valence-electron chi connectivity index (χ1n) is 10.3. The highest BCUT2D eigenvalue weighted by Gasteiger charge is 2.38. The first kappa shape index (κ1) is 18.6. The minimum Gasteiger partial charge on any atom is -0.493 e. The summed E-state index contributed by atoms with van der Waals surface area (Å²) in [5, 5.41) is 0. The van der Waals surface area contributed by atoms with Gasteiger partial charge < -0.3 is 24.0 Å². The Balaban J connectivity index is 1.33. The number of ether oxygens (including phenoxy) is 3. The number of nitrogens with one attached hydrogen (secondary N) is 2. The van der Waals surface area contributed by atoms with E-state index in [0.29, 0.717) is 5.75 Å². The summed E-state index contributed by atoms with van der Waals surface area (Å²) < 4.78 is 16.6. The molecule has 4 rings (SSSR count). The normalized spacial score (nSPS) is 31.9. The fourth-order valence-corrected chi connectivity index (χ4v) is 5.41. The van der Waals surface area contributed by atoms with E-state index in [9.17, 15) is 0 Å². The largest absolute Gasteiger partial charge is 0.493 e. The molecule has 2 fully saturated rings. The molecule has 3 atom stereocenters. The molecule has 2 N–H and O–H groups in total. The van der Waals surface area contributed by atoms with E-state index in [1.165, 1.54) is 51.1 Å². The van der Waals surface area contributed by atoms with Crippen LogP contribution in [0.4, 0.5) is 0 Å². The van der Waals surface area contributed by atoms with Gasteiger partial charge in [0.25, 0.3) is 0 Å². The summed E-state index contributed by atoms with van der Waals surface area (Å²) in [6.45, 7) is 7.37. The average molecular weight is 375 g/mol. The average Bonchev–Trinajstić information content (AvgIpc) is 3.32. The van der Waals surface area contributed by atoms with Crippen molar-refractivity contribution in [2.45, 2.75) is 19.4 Å². The minimum absolute atomic E-state index is 0.700. The van der Waals surface area contributed by atoms with E-state index >= 15 is 0 Å². The summed E-state index contributed by atoms with van der Waals surface area (Å²) in [7, 11) is 5.04. The lowest BCUT2D eigenvalue weighted by Gasteiger charge is -2.32. The van der Waals surface area contributed by atoms with E-state index < -0.39 is 0 Å². The Kier molecular flexibility index (Phi) is 5.60. The Labute approximate surface area is 162 Å². The van der Waals surface area contributed by atoms with Crippen LogP contribution in [0, 0.1) is 17.8 Å². The van der Waals surface area contributed by atoms with E-state index in [-0.39, 0.29) is 0 Å². The Morgan fingerprint density at radius 1 is 0.852 bits per heavy atom. The summed E-state index contributed by atoms with van der Waals surface area (Å²) in [5.74, 6) is 4.94. The third-order valence-corrected chi connectivity index (χ3v) is 6.86. The van der Waals surface area contributed by atoms with Crippen LogP contribution in [0.3, 0.4) is 0 Å². The Morgan fingerprint density at radius 3 is 2.19 bits per heavy atom. The Hall–Kier alpha value is -1.72. The molecular weight excluding hydrogens is 340 g/mol. The fourth-order valence-electron chi connectivity index (χ4n) is 5.41. The molecule has 27 heavy (non-hydrogen) atoms. The number of rotatable bonds is 7. The lowest BCUT2D eigenvalue weighted by molar-refractivity contribution is -1.02. The maximum atomic E-state index is 5.66. The monoisotopic (exact) mass is 374 g/mol. The summed E-state index contributed by atoms with van der Waals surface area (Å²) in [4.78, 5) is 3.45.